The highest BCUT2D eigenvalue weighted by Gasteiger charge is 2.29. The molecular formula is C12H28O2Si. The van der Waals surface area contributed by atoms with Crippen LogP contribution in [0.1, 0.15) is 40.5 Å². The van der Waals surface area contributed by atoms with E-state index >= 15 is 0 Å². The van der Waals surface area contributed by atoms with Gasteiger partial charge in [-0.3, -0.25) is 0 Å². The van der Waals surface area contributed by atoms with Gasteiger partial charge in [-0.1, -0.05) is 20.8 Å². The van der Waals surface area contributed by atoms with Crippen LogP contribution in [0.25, 0.3) is 0 Å². The molecule has 0 saturated carbocycles. The summed E-state index contributed by atoms with van der Waals surface area (Å²) < 4.78 is 11.5. The topological polar surface area (TPSA) is 18.5 Å². The quantitative estimate of drug-likeness (QED) is 0.421. The van der Waals surface area contributed by atoms with E-state index in [1.807, 2.05) is 0 Å². The van der Waals surface area contributed by atoms with E-state index in [-0.39, 0.29) is 0 Å². The molecule has 0 aromatic heterocycles. The Bertz CT molecular complexity index is 136. The highest BCUT2D eigenvalue weighted by molar-refractivity contribution is 6.73. The van der Waals surface area contributed by atoms with Gasteiger partial charge in [0.05, 0.1) is 0 Å². The van der Waals surface area contributed by atoms with Crippen LogP contribution in [0.4, 0.5) is 0 Å². The van der Waals surface area contributed by atoms with Crippen molar-refractivity contribution in [3.05, 3.63) is 0 Å². The predicted molar refractivity (Wildman–Crippen MR) is 68.9 cm³/mol. The molecule has 92 valence electrons. The molecule has 0 bridgehead atoms. The van der Waals surface area contributed by atoms with Crippen molar-refractivity contribution in [1.82, 2.24) is 0 Å². The summed E-state index contributed by atoms with van der Waals surface area (Å²) in [5.74, 6) is 0. The Morgan fingerprint density at radius 2 is 1.60 bits per heavy atom. The van der Waals surface area contributed by atoms with Crippen LogP contribution < -0.4 is 0 Å². The van der Waals surface area contributed by atoms with Crippen molar-refractivity contribution >= 4 is 8.32 Å². The molecular weight excluding hydrogens is 204 g/mol. The molecule has 0 aliphatic rings. The average molecular weight is 232 g/mol. The maximum absolute atomic E-state index is 6.02. The first kappa shape index (κ1) is 15.1. The molecule has 15 heavy (non-hydrogen) atoms. The van der Waals surface area contributed by atoms with Crippen LogP contribution in [0, 0.1) is 0 Å². The predicted octanol–water partition coefficient (Wildman–Crippen LogP) is 3.82. The van der Waals surface area contributed by atoms with Crippen LogP contribution in [0.3, 0.4) is 0 Å². The number of hydrogen-bond acceptors (Lipinski definition) is 2. The molecule has 0 spiro atoms. The van der Waals surface area contributed by atoms with E-state index in [1.54, 1.807) is 0 Å². The summed E-state index contributed by atoms with van der Waals surface area (Å²) in [4.78, 5) is 0. The van der Waals surface area contributed by atoms with Gasteiger partial charge >= 0.3 is 0 Å². The summed E-state index contributed by atoms with van der Waals surface area (Å²) in [6, 6.07) is 3.74. The molecule has 0 aliphatic heterocycles. The van der Waals surface area contributed by atoms with E-state index in [0.29, 0.717) is 0 Å². The molecule has 2 nitrogen and oxygen atoms in total. The molecule has 0 radical (unpaired) electrons. The Kier molecular flexibility index (Phi) is 9.45. The van der Waals surface area contributed by atoms with E-state index in [2.05, 4.69) is 27.7 Å². The van der Waals surface area contributed by atoms with E-state index < -0.39 is 8.32 Å². The monoisotopic (exact) mass is 232 g/mol. The van der Waals surface area contributed by atoms with Gasteiger partial charge in [0.2, 0.25) is 0 Å². The molecule has 0 saturated heterocycles. The molecule has 0 fully saturated rings. The van der Waals surface area contributed by atoms with E-state index in [1.165, 1.54) is 24.6 Å². The minimum absolute atomic E-state index is 0.879. The third kappa shape index (κ3) is 6.33. The highest BCUT2D eigenvalue weighted by atomic mass is 28.4. The van der Waals surface area contributed by atoms with Crippen molar-refractivity contribution in [3.63, 3.8) is 0 Å². The van der Waals surface area contributed by atoms with Crippen molar-refractivity contribution in [2.45, 2.75) is 58.7 Å². The van der Waals surface area contributed by atoms with Crippen molar-refractivity contribution in [2.24, 2.45) is 0 Å². The Morgan fingerprint density at radius 3 is 2.07 bits per heavy atom. The van der Waals surface area contributed by atoms with E-state index in [0.717, 1.165) is 26.2 Å². The standard InChI is InChI=1S/C12H28O2Si/c1-5-10-13-11-9-12-15(7-3,8-4)14-6-2/h5-12H2,1-4H3. The molecule has 0 aromatic rings. The lowest BCUT2D eigenvalue weighted by Gasteiger charge is -2.28. The second-order valence-electron chi connectivity index (χ2n) is 4.04. The third-order valence-electron chi connectivity index (χ3n) is 3.01. The molecule has 0 heterocycles. The molecule has 3 heteroatoms. The summed E-state index contributed by atoms with van der Waals surface area (Å²) in [5.41, 5.74) is 0. The van der Waals surface area contributed by atoms with Gasteiger partial charge in [-0.25, -0.2) is 0 Å². The molecule has 0 aliphatic carbocycles. The van der Waals surface area contributed by atoms with Crippen molar-refractivity contribution in [2.75, 3.05) is 19.8 Å². The summed E-state index contributed by atoms with van der Waals surface area (Å²) in [6.07, 6.45) is 2.30. The number of ether oxygens (including phenoxy) is 1. The summed E-state index contributed by atoms with van der Waals surface area (Å²) >= 11 is 0. The van der Waals surface area contributed by atoms with Crippen LogP contribution in [0.2, 0.25) is 18.1 Å². The minimum atomic E-state index is -1.38. The zero-order valence-corrected chi connectivity index (χ0v) is 12.0. The maximum Gasteiger partial charge on any atom is 0.192 e. The summed E-state index contributed by atoms with van der Waals surface area (Å²) in [5, 5.41) is 0. The summed E-state index contributed by atoms with van der Waals surface area (Å²) in [6.45, 7) is 11.5. The normalized spacial score (nSPS) is 12.0. The molecule has 0 rings (SSSR count). The smallest absolute Gasteiger partial charge is 0.192 e. The highest BCUT2D eigenvalue weighted by Crippen LogP contribution is 2.23. The van der Waals surface area contributed by atoms with Crippen molar-refractivity contribution in [1.29, 1.82) is 0 Å². The van der Waals surface area contributed by atoms with Crippen LogP contribution in [-0.4, -0.2) is 28.1 Å². The first-order valence-electron chi connectivity index (χ1n) is 6.46. The molecule has 0 unspecified atom stereocenters. The van der Waals surface area contributed by atoms with E-state index in [4.69, 9.17) is 9.16 Å². The molecule has 0 amide bonds. The Balaban J connectivity index is 3.74. The fraction of sp³-hybridized carbons (Fsp3) is 1.00. The fourth-order valence-electron chi connectivity index (χ4n) is 1.93. The fourth-order valence-corrected chi connectivity index (χ4v) is 5.09. The third-order valence-corrected chi connectivity index (χ3v) is 7.75. The van der Waals surface area contributed by atoms with Crippen LogP contribution in [-0.2, 0) is 9.16 Å². The van der Waals surface area contributed by atoms with Gasteiger partial charge in [-0.05, 0) is 37.9 Å². The number of hydrogen-bond donors (Lipinski definition) is 0. The van der Waals surface area contributed by atoms with Gasteiger partial charge in [-0.2, -0.15) is 0 Å². The van der Waals surface area contributed by atoms with Crippen LogP contribution in [0.15, 0.2) is 0 Å². The maximum atomic E-state index is 6.02. The molecule has 0 atom stereocenters. The average Bonchev–Trinajstić information content (AvgIpc) is 2.27. The lowest BCUT2D eigenvalue weighted by atomic mass is 10.5. The van der Waals surface area contributed by atoms with Gasteiger partial charge in [0.1, 0.15) is 0 Å². The first-order chi connectivity index (χ1) is 7.24. The van der Waals surface area contributed by atoms with Gasteiger partial charge < -0.3 is 9.16 Å². The molecule has 0 N–H and O–H groups in total. The van der Waals surface area contributed by atoms with Gasteiger partial charge in [-0.15, -0.1) is 0 Å². The first-order valence-corrected chi connectivity index (χ1v) is 8.99. The van der Waals surface area contributed by atoms with Crippen LogP contribution in [0.5, 0.6) is 0 Å². The largest absolute Gasteiger partial charge is 0.417 e. The summed E-state index contributed by atoms with van der Waals surface area (Å²) in [7, 11) is -1.38. The Hall–Kier alpha value is 0.137. The lowest BCUT2D eigenvalue weighted by Crippen LogP contribution is -2.36. The van der Waals surface area contributed by atoms with Gasteiger partial charge in [0.25, 0.3) is 0 Å². The van der Waals surface area contributed by atoms with Crippen molar-refractivity contribution in [3.8, 4) is 0 Å². The van der Waals surface area contributed by atoms with Gasteiger partial charge in [0, 0.05) is 19.8 Å². The second kappa shape index (κ2) is 9.37. The minimum Gasteiger partial charge on any atom is -0.417 e. The van der Waals surface area contributed by atoms with Crippen molar-refractivity contribution < 1.29 is 9.16 Å². The SMILES string of the molecule is CCCOCCC[Si](CC)(CC)OCC. The molecule has 0 aromatic carbocycles. The van der Waals surface area contributed by atoms with Crippen LogP contribution >= 0.6 is 0 Å². The van der Waals surface area contributed by atoms with E-state index in [9.17, 15) is 0 Å². The Labute approximate surface area is 96.5 Å². The lowest BCUT2D eigenvalue weighted by molar-refractivity contribution is 0.134. The number of rotatable bonds is 10. The van der Waals surface area contributed by atoms with Gasteiger partial charge in [0.15, 0.2) is 8.32 Å². The second-order valence-corrected chi connectivity index (χ2v) is 8.61. The zero-order valence-electron chi connectivity index (χ0n) is 11.0. The zero-order chi connectivity index (χ0) is 11.6. The Morgan fingerprint density at radius 1 is 0.933 bits per heavy atom.